The van der Waals surface area contributed by atoms with Gasteiger partial charge >= 0.3 is 0 Å². The van der Waals surface area contributed by atoms with Gasteiger partial charge in [0.25, 0.3) is 5.91 Å². The molecule has 33 heavy (non-hydrogen) atoms. The number of hydrogen-bond acceptors (Lipinski definition) is 5. The van der Waals surface area contributed by atoms with Gasteiger partial charge in [0.15, 0.2) is 5.78 Å². The fourth-order valence-electron chi connectivity index (χ4n) is 4.48. The number of carbonyl (C=O) groups is 2. The first-order chi connectivity index (χ1) is 15.8. The minimum atomic E-state index is -3.67. The van der Waals surface area contributed by atoms with Crippen LogP contribution in [0.15, 0.2) is 59.5 Å². The number of sulfonamides is 1. The molecule has 1 saturated heterocycles. The zero-order chi connectivity index (χ0) is 23.2. The van der Waals surface area contributed by atoms with E-state index in [2.05, 4.69) is 18.2 Å². The molecule has 1 fully saturated rings. The number of carbonyl (C=O) groups excluding carboxylic acids is 2. The second kappa shape index (κ2) is 8.52. The predicted octanol–water partition coefficient (Wildman–Crippen LogP) is 3.86. The predicted molar refractivity (Wildman–Crippen MR) is 128 cm³/mol. The lowest BCUT2D eigenvalue weighted by Crippen LogP contribution is -2.50. The van der Waals surface area contributed by atoms with Gasteiger partial charge in [0.05, 0.1) is 9.77 Å². The van der Waals surface area contributed by atoms with Crippen molar-refractivity contribution in [3.63, 3.8) is 0 Å². The van der Waals surface area contributed by atoms with E-state index in [1.165, 1.54) is 68.4 Å². The molecule has 0 unspecified atom stereocenters. The average molecular weight is 481 g/mol. The number of amides is 1. The summed E-state index contributed by atoms with van der Waals surface area (Å²) in [5, 5.41) is 0. The first kappa shape index (κ1) is 22.0. The number of Topliss-reactive ketones (excluding diaryl/α,β-unsaturated/α-hetero) is 1. The van der Waals surface area contributed by atoms with Crippen molar-refractivity contribution in [1.29, 1.82) is 0 Å². The van der Waals surface area contributed by atoms with E-state index in [9.17, 15) is 18.0 Å². The Hall–Kier alpha value is -2.81. The summed E-state index contributed by atoms with van der Waals surface area (Å²) in [6.45, 7) is 2.64. The first-order valence-corrected chi connectivity index (χ1v) is 13.2. The third-order valence-electron chi connectivity index (χ3n) is 6.37. The van der Waals surface area contributed by atoms with Crippen LogP contribution in [0, 0.1) is 0 Å². The molecule has 3 aromatic rings. The van der Waals surface area contributed by atoms with Crippen molar-refractivity contribution in [2.75, 3.05) is 26.2 Å². The zero-order valence-corrected chi connectivity index (χ0v) is 19.9. The van der Waals surface area contributed by atoms with E-state index in [4.69, 9.17) is 0 Å². The summed E-state index contributed by atoms with van der Waals surface area (Å²) >= 11 is 1.54. The van der Waals surface area contributed by atoms with Crippen LogP contribution in [-0.2, 0) is 22.9 Å². The van der Waals surface area contributed by atoms with Crippen molar-refractivity contribution in [2.24, 2.45) is 0 Å². The minimum Gasteiger partial charge on any atom is -0.335 e. The number of thiophene rings is 1. The monoisotopic (exact) mass is 480 g/mol. The molecule has 2 heterocycles. The van der Waals surface area contributed by atoms with Crippen LogP contribution in [0.1, 0.15) is 38.1 Å². The van der Waals surface area contributed by atoms with Crippen molar-refractivity contribution in [3.05, 3.63) is 76.2 Å². The molecule has 0 N–H and O–H groups in total. The number of hydrogen-bond donors (Lipinski definition) is 0. The molecular formula is C25H24N2O4S2. The maximum atomic E-state index is 13.2. The molecule has 1 amide bonds. The largest absolute Gasteiger partial charge is 0.335 e. The molecule has 0 atom stereocenters. The van der Waals surface area contributed by atoms with Gasteiger partial charge in [0.1, 0.15) is 0 Å². The van der Waals surface area contributed by atoms with Gasteiger partial charge in [0, 0.05) is 36.6 Å². The fourth-order valence-corrected chi connectivity index (χ4v) is 7.14. The van der Waals surface area contributed by atoms with Crippen LogP contribution < -0.4 is 0 Å². The van der Waals surface area contributed by atoms with Crippen LogP contribution in [0.2, 0.25) is 0 Å². The lowest BCUT2D eigenvalue weighted by atomic mass is 9.91. The molecule has 2 aromatic carbocycles. The number of fused-ring (bicyclic) bond motifs is 3. The summed E-state index contributed by atoms with van der Waals surface area (Å²) in [5.74, 6) is -0.139. The standard InChI is InChI=1S/C25H24N2O4S2/c1-17(28)18-8-10-21(11-9-18)33(30,31)27-14-12-26(13-15-27)25(29)23-16-20-7-6-19-4-2-3-5-22(19)24(20)32-23/h2-5,8-11,16H,6-7,12-15H2,1H3. The van der Waals surface area contributed by atoms with E-state index in [0.717, 1.165) is 12.8 Å². The third-order valence-corrected chi connectivity index (χ3v) is 9.48. The van der Waals surface area contributed by atoms with E-state index in [1.54, 1.807) is 4.90 Å². The summed E-state index contributed by atoms with van der Waals surface area (Å²) in [5.41, 5.74) is 4.23. The molecule has 6 nitrogen and oxygen atoms in total. The molecule has 0 saturated carbocycles. The Bertz CT molecular complexity index is 1330. The highest BCUT2D eigenvalue weighted by molar-refractivity contribution is 7.89. The van der Waals surface area contributed by atoms with E-state index in [0.29, 0.717) is 23.5 Å². The lowest BCUT2D eigenvalue weighted by Gasteiger charge is -2.33. The van der Waals surface area contributed by atoms with E-state index in [1.807, 2.05) is 12.1 Å². The maximum absolute atomic E-state index is 13.2. The summed E-state index contributed by atoms with van der Waals surface area (Å²) in [6.07, 6.45) is 1.92. The van der Waals surface area contributed by atoms with E-state index < -0.39 is 10.0 Å². The highest BCUT2D eigenvalue weighted by Gasteiger charge is 2.31. The first-order valence-electron chi connectivity index (χ1n) is 11.0. The van der Waals surface area contributed by atoms with Crippen LogP contribution in [0.5, 0.6) is 0 Å². The third kappa shape index (κ3) is 4.03. The number of benzene rings is 2. The Morgan fingerprint density at radius 3 is 2.24 bits per heavy atom. The number of nitrogens with zero attached hydrogens (tertiary/aromatic N) is 2. The van der Waals surface area contributed by atoms with E-state index in [-0.39, 0.29) is 29.7 Å². The van der Waals surface area contributed by atoms with Crippen LogP contribution in [0.3, 0.4) is 0 Å². The Morgan fingerprint density at radius 1 is 0.879 bits per heavy atom. The Morgan fingerprint density at radius 2 is 1.55 bits per heavy atom. The molecule has 2 aliphatic rings. The Kier molecular flexibility index (Phi) is 5.68. The number of piperazine rings is 1. The second-order valence-corrected chi connectivity index (χ2v) is 11.4. The molecular weight excluding hydrogens is 456 g/mol. The quantitative estimate of drug-likeness (QED) is 0.532. The van der Waals surface area contributed by atoms with Crippen LogP contribution in [-0.4, -0.2) is 55.5 Å². The van der Waals surface area contributed by atoms with Gasteiger partial charge in [-0.1, -0.05) is 36.4 Å². The van der Waals surface area contributed by atoms with Gasteiger partial charge < -0.3 is 4.90 Å². The van der Waals surface area contributed by atoms with E-state index >= 15 is 0 Å². The van der Waals surface area contributed by atoms with Gasteiger partial charge in [-0.3, -0.25) is 9.59 Å². The van der Waals surface area contributed by atoms with Gasteiger partial charge in [-0.25, -0.2) is 8.42 Å². The molecule has 5 rings (SSSR count). The second-order valence-electron chi connectivity index (χ2n) is 8.40. The normalized spacial score (nSPS) is 16.2. The molecule has 1 aromatic heterocycles. The van der Waals surface area contributed by atoms with Gasteiger partial charge in [-0.05, 0) is 54.7 Å². The lowest BCUT2D eigenvalue weighted by molar-refractivity contribution is 0.0702. The molecule has 0 radical (unpaired) electrons. The highest BCUT2D eigenvalue weighted by Crippen LogP contribution is 2.39. The molecule has 170 valence electrons. The number of ketones is 1. The van der Waals surface area contributed by atoms with Crippen molar-refractivity contribution < 1.29 is 18.0 Å². The maximum Gasteiger partial charge on any atom is 0.264 e. The van der Waals surface area contributed by atoms with Crippen molar-refractivity contribution in [3.8, 4) is 10.4 Å². The zero-order valence-electron chi connectivity index (χ0n) is 18.3. The highest BCUT2D eigenvalue weighted by atomic mass is 32.2. The molecule has 0 bridgehead atoms. The van der Waals surface area contributed by atoms with Crippen molar-refractivity contribution in [1.82, 2.24) is 9.21 Å². The smallest absolute Gasteiger partial charge is 0.264 e. The number of aryl methyl sites for hydroxylation is 2. The van der Waals surface area contributed by atoms with Gasteiger partial charge in [-0.15, -0.1) is 11.3 Å². The Balaban J connectivity index is 1.28. The van der Waals surface area contributed by atoms with Crippen LogP contribution in [0.4, 0.5) is 0 Å². The SMILES string of the molecule is CC(=O)c1ccc(S(=O)(=O)N2CCN(C(=O)c3cc4c(s3)-c3ccccc3CC4)CC2)cc1. The molecule has 0 spiro atoms. The van der Waals surface area contributed by atoms with Gasteiger partial charge in [0.2, 0.25) is 10.0 Å². The summed E-state index contributed by atoms with van der Waals surface area (Å²) in [7, 11) is -3.67. The van der Waals surface area contributed by atoms with Crippen molar-refractivity contribution >= 4 is 33.1 Å². The molecule has 1 aliphatic carbocycles. The molecule has 8 heteroatoms. The van der Waals surface area contributed by atoms with Gasteiger partial charge in [-0.2, -0.15) is 4.31 Å². The van der Waals surface area contributed by atoms with Crippen LogP contribution >= 0.6 is 11.3 Å². The summed E-state index contributed by atoms with van der Waals surface area (Å²) in [6, 6.07) is 16.4. The summed E-state index contributed by atoms with van der Waals surface area (Å²) in [4.78, 5) is 28.4. The molecule has 1 aliphatic heterocycles. The fraction of sp³-hybridized carbons (Fsp3) is 0.280. The van der Waals surface area contributed by atoms with Crippen LogP contribution in [0.25, 0.3) is 10.4 Å². The topological polar surface area (TPSA) is 74.8 Å². The number of rotatable bonds is 4. The van der Waals surface area contributed by atoms with Crippen molar-refractivity contribution in [2.45, 2.75) is 24.7 Å². The Labute approximate surface area is 197 Å². The minimum absolute atomic E-state index is 0.0326. The summed E-state index contributed by atoms with van der Waals surface area (Å²) < 4.78 is 27.4. The average Bonchev–Trinajstić information content (AvgIpc) is 3.29.